The van der Waals surface area contributed by atoms with E-state index in [0.717, 1.165) is 44.5 Å². The van der Waals surface area contributed by atoms with Crippen LogP contribution in [0.5, 0.6) is 0 Å². The summed E-state index contributed by atoms with van der Waals surface area (Å²) in [5.41, 5.74) is 4.69. The van der Waals surface area contributed by atoms with Crippen LogP contribution in [0.25, 0.3) is 0 Å². The molecule has 94 valence electrons. The fraction of sp³-hybridized carbons (Fsp3) is 0.545. The number of pyridine rings is 1. The van der Waals surface area contributed by atoms with Gasteiger partial charge in [0.2, 0.25) is 0 Å². The number of hydrogen-bond acceptors (Lipinski definition) is 3. The van der Waals surface area contributed by atoms with Crippen LogP contribution < -0.4 is 10.6 Å². The zero-order valence-electron chi connectivity index (χ0n) is 9.30. The van der Waals surface area contributed by atoms with Gasteiger partial charge in [-0.1, -0.05) is 0 Å². The number of rotatable bonds is 1. The highest BCUT2D eigenvalue weighted by molar-refractivity contribution is 5.49. The Bertz CT molecular complexity index is 397. The number of nitrogens with zero attached hydrogens (tertiary/aromatic N) is 2. The van der Waals surface area contributed by atoms with Crippen LogP contribution in [0.2, 0.25) is 0 Å². The number of anilines is 2. The third kappa shape index (κ3) is 2.81. The Labute approximate surface area is 97.4 Å². The largest absolute Gasteiger partial charge is 0.416 e. The van der Waals surface area contributed by atoms with Gasteiger partial charge in [0.25, 0.3) is 0 Å². The van der Waals surface area contributed by atoms with E-state index in [4.69, 9.17) is 5.73 Å². The van der Waals surface area contributed by atoms with Gasteiger partial charge in [-0.3, -0.25) is 0 Å². The summed E-state index contributed by atoms with van der Waals surface area (Å²) in [5.74, 6) is 0.248. The van der Waals surface area contributed by atoms with E-state index < -0.39 is 11.7 Å². The normalized spacial score (nSPS) is 17.2. The third-order valence-corrected chi connectivity index (χ3v) is 2.84. The third-order valence-electron chi connectivity index (χ3n) is 2.84. The van der Waals surface area contributed by atoms with Crippen LogP contribution >= 0.6 is 0 Å². The van der Waals surface area contributed by atoms with Crippen molar-refractivity contribution in [3.63, 3.8) is 0 Å². The molecule has 6 heteroatoms. The van der Waals surface area contributed by atoms with Gasteiger partial charge in [-0.25, -0.2) is 4.98 Å². The van der Waals surface area contributed by atoms with Crippen LogP contribution in [0.1, 0.15) is 24.8 Å². The molecule has 2 N–H and O–H groups in total. The van der Waals surface area contributed by atoms with Crippen molar-refractivity contribution in [3.8, 4) is 0 Å². The predicted octanol–water partition coefficient (Wildman–Crippen LogP) is 2.67. The zero-order chi connectivity index (χ0) is 12.5. The van der Waals surface area contributed by atoms with Gasteiger partial charge in [0, 0.05) is 13.1 Å². The summed E-state index contributed by atoms with van der Waals surface area (Å²) in [6.45, 7) is 1.49. The fourth-order valence-electron chi connectivity index (χ4n) is 1.99. The maximum absolute atomic E-state index is 12.6. The molecule has 17 heavy (non-hydrogen) atoms. The fourth-order valence-corrected chi connectivity index (χ4v) is 1.99. The number of halogens is 3. The van der Waals surface area contributed by atoms with E-state index in [0.29, 0.717) is 5.82 Å². The molecule has 0 spiro atoms. The van der Waals surface area contributed by atoms with Crippen LogP contribution in [0.3, 0.4) is 0 Å². The molecule has 0 bridgehead atoms. The summed E-state index contributed by atoms with van der Waals surface area (Å²) in [6, 6.07) is 1.94. The highest BCUT2D eigenvalue weighted by Crippen LogP contribution is 2.32. The second kappa shape index (κ2) is 4.43. The number of aromatic nitrogens is 1. The molecule has 0 atom stereocenters. The number of alkyl halides is 3. The molecule has 1 aromatic heterocycles. The summed E-state index contributed by atoms with van der Waals surface area (Å²) in [4.78, 5) is 5.83. The molecular weight excluding hydrogens is 231 g/mol. The maximum Gasteiger partial charge on any atom is 0.416 e. The quantitative estimate of drug-likeness (QED) is 0.827. The number of piperidine rings is 1. The van der Waals surface area contributed by atoms with E-state index in [9.17, 15) is 13.2 Å². The lowest BCUT2D eigenvalue weighted by atomic mass is 10.1. The molecule has 0 radical (unpaired) electrons. The molecule has 0 unspecified atom stereocenters. The van der Waals surface area contributed by atoms with Crippen molar-refractivity contribution in [1.82, 2.24) is 4.98 Å². The Kier molecular flexibility index (Phi) is 3.13. The molecule has 1 aliphatic rings. The van der Waals surface area contributed by atoms with Gasteiger partial charge in [-0.2, -0.15) is 13.2 Å². The van der Waals surface area contributed by atoms with Gasteiger partial charge in [0.15, 0.2) is 0 Å². The first-order chi connectivity index (χ1) is 7.97. The van der Waals surface area contributed by atoms with Crippen molar-refractivity contribution in [1.29, 1.82) is 0 Å². The second-order valence-corrected chi connectivity index (χ2v) is 4.18. The minimum atomic E-state index is -4.37. The van der Waals surface area contributed by atoms with Crippen molar-refractivity contribution in [2.24, 2.45) is 0 Å². The molecular formula is C11H14F3N3. The summed E-state index contributed by atoms with van der Waals surface area (Å²) < 4.78 is 37.8. The Balaban J connectivity index is 2.31. The first-order valence-corrected chi connectivity index (χ1v) is 5.56. The van der Waals surface area contributed by atoms with Crippen molar-refractivity contribution >= 4 is 11.6 Å². The lowest BCUT2D eigenvalue weighted by Gasteiger charge is -2.28. The molecule has 2 rings (SSSR count). The smallest absolute Gasteiger partial charge is 0.384 e. The van der Waals surface area contributed by atoms with E-state index in [2.05, 4.69) is 4.98 Å². The molecule has 1 fully saturated rings. The molecule has 0 aliphatic carbocycles. The van der Waals surface area contributed by atoms with Crippen molar-refractivity contribution in [2.75, 3.05) is 23.7 Å². The van der Waals surface area contributed by atoms with Gasteiger partial charge in [-0.05, 0) is 31.4 Å². The highest BCUT2D eigenvalue weighted by Gasteiger charge is 2.32. The number of hydrogen-bond donors (Lipinski definition) is 1. The van der Waals surface area contributed by atoms with E-state index in [1.54, 1.807) is 0 Å². The van der Waals surface area contributed by atoms with Gasteiger partial charge < -0.3 is 10.6 Å². The predicted molar refractivity (Wildman–Crippen MR) is 59.7 cm³/mol. The van der Waals surface area contributed by atoms with Crippen LogP contribution in [0, 0.1) is 0 Å². The Hall–Kier alpha value is -1.46. The Morgan fingerprint density at radius 1 is 1.12 bits per heavy atom. The Morgan fingerprint density at radius 3 is 2.35 bits per heavy atom. The monoisotopic (exact) mass is 245 g/mol. The molecule has 0 amide bonds. The minimum Gasteiger partial charge on any atom is -0.384 e. The molecule has 0 saturated carbocycles. The lowest BCUT2D eigenvalue weighted by Crippen LogP contribution is -2.30. The first kappa shape index (κ1) is 12.0. The zero-order valence-corrected chi connectivity index (χ0v) is 9.30. The van der Waals surface area contributed by atoms with Gasteiger partial charge in [-0.15, -0.1) is 0 Å². The lowest BCUT2D eigenvalue weighted by molar-refractivity contribution is -0.137. The Morgan fingerprint density at radius 2 is 1.76 bits per heavy atom. The van der Waals surface area contributed by atoms with Gasteiger partial charge in [0.05, 0.1) is 5.56 Å². The molecule has 0 aromatic carbocycles. The average Bonchev–Trinajstić information content (AvgIpc) is 2.28. The average molecular weight is 245 g/mol. The number of nitrogens with two attached hydrogens (primary N) is 1. The summed E-state index contributed by atoms with van der Waals surface area (Å²) in [6.07, 6.45) is -1.29. The van der Waals surface area contributed by atoms with Crippen molar-refractivity contribution < 1.29 is 13.2 Å². The minimum absolute atomic E-state index is 0.0830. The van der Waals surface area contributed by atoms with Gasteiger partial charge >= 0.3 is 6.18 Å². The first-order valence-electron chi connectivity index (χ1n) is 5.56. The second-order valence-electron chi connectivity index (χ2n) is 4.18. The van der Waals surface area contributed by atoms with Crippen LogP contribution in [0.4, 0.5) is 24.8 Å². The SMILES string of the molecule is Nc1cc(C(F)(F)F)cc(N2CCCCC2)n1. The highest BCUT2D eigenvalue weighted by atomic mass is 19.4. The molecule has 3 nitrogen and oxygen atoms in total. The standard InChI is InChI=1S/C11H14F3N3/c12-11(13,14)8-6-9(15)16-10(7-8)17-4-2-1-3-5-17/h6-7H,1-5H2,(H2,15,16). The molecule has 1 aliphatic heterocycles. The number of nitrogen functional groups attached to an aromatic ring is 1. The van der Waals surface area contributed by atoms with Crippen LogP contribution in [-0.2, 0) is 6.18 Å². The van der Waals surface area contributed by atoms with Crippen molar-refractivity contribution in [2.45, 2.75) is 25.4 Å². The van der Waals surface area contributed by atoms with Crippen LogP contribution in [0.15, 0.2) is 12.1 Å². The summed E-state index contributed by atoms with van der Waals surface area (Å²) >= 11 is 0. The van der Waals surface area contributed by atoms with E-state index in [1.165, 1.54) is 0 Å². The molecule has 1 saturated heterocycles. The molecule has 1 aromatic rings. The molecule has 2 heterocycles. The van der Waals surface area contributed by atoms with E-state index in [1.807, 2.05) is 4.90 Å². The van der Waals surface area contributed by atoms with Gasteiger partial charge in [0.1, 0.15) is 11.6 Å². The van der Waals surface area contributed by atoms with Crippen LogP contribution in [-0.4, -0.2) is 18.1 Å². The van der Waals surface area contributed by atoms with E-state index >= 15 is 0 Å². The summed E-state index contributed by atoms with van der Waals surface area (Å²) in [7, 11) is 0. The van der Waals surface area contributed by atoms with Crippen molar-refractivity contribution in [3.05, 3.63) is 17.7 Å². The topological polar surface area (TPSA) is 42.1 Å². The maximum atomic E-state index is 12.6. The summed E-state index contributed by atoms with van der Waals surface area (Å²) in [5, 5.41) is 0. The van der Waals surface area contributed by atoms with E-state index in [-0.39, 0.29) is 5.82 Å².